The van der Waals surface area contributed by atoms with Gasteiger partial charge in [-0.3, -0.25) is 0 Å². The molecule has 21 heavy (non-hydrogen) atoms. The smallest absolute Gasteiger partial charge is 0.162 e. The second kappa shape index (κ2) is 6.19. The van der Waals surface area contributed by atoms with Gasteiger partial charge in [-0.15, -0.1) is 0 Å². The molecule has 1 heterocycles. The van der Waals surface area contributed by atoms with Crippen LogP contribution in [0.4, 0.5) is 0 Å². The molecular weight excluding hydrogens is 262 g/mol. The van der Waals surface area contributed by atoms with Crippen LogP contribution in [0.15, 0.2) is 42.5 Å². The molecule has 2 aromatic carbocycles. The van der Waals surface area contributed by atoms with E-state index in [0.29, 0.717) is 12.6 Å². The SMILES string of the molecule is COc1cc2c(cc1OCc1ccccc1)[C@@H](C)NCC2. The zero-order valence-corrected chi connectivity index (χ0v) is 12.6. The maximum atomic E-state index is 5.98. The zero-order valence-electron chi connectivity index (χ0n) is 12.6. The van der Waals surface area contributed by atoms with Gasteiger partial charge in [0.25, 0.3) is 0 Å². The summed E-state index contributed by atoms with van der Waals surface area (Å²) in [7, 11) is 1.70. The molecule has 3 heteroatoms. The highest BCUT2D eigenvalue weighted by Gasteiger charge is 2.19. The second-order valence-electron chi connectivity index (χ2n) is 5.40. The average molecular weight is 283 g/mol. The van der Waals surface area contributed by atoms with E-state index in [0.717, 1.165) is 30.0 Å². The molecule has 1 aliphatic rings. The first-order valence-electron chi connectivity index (χ1n) is 7.39. The fourth-order valence-corrected chi connectivity index (χ4v) is 2.78. The standard InChI is InChI=1S/C18H21NO2/c1-13-16-11-18(21-12-14-6-4-3-5-7-14)17(20-2)10-15(16)8-9-19-13/h3-7,10-11,13,19H,8-9,12H2,1-2H3/t13-/m1/s1. The van der Waals surface area contributed by atoms with Gasteiger partial charge in [0.05, 0.1) is 7.11 Å². The number of nitrogens with one attached hydrogen (secondary N) is 1. The quantitative estimate of drug-likeness (QED) is 0.932. The van der Waals surface area contributed by atoms with Gasteiger partial charge in [-0.2, -0.15) is 0 Å². The van der Waals surface area contributed by atoms with Crippen molar-refractivity contribution < 1.29 is 9.47 Å². The molecule has 1 N–H and O–H groups in total. The molecular formula is C18H21NO2. The first-order valence-corrected chi connectivity index (χ1v) is 7.39. The summed E-state index contributed by atoms with van der Waals surface area (Å²) in [5, 5.41) is 3.48. The molecule has 0 spiro atoms. The summed E-state index contributed by atoms with van der Waals surface area (Å²) in [6.07, 6.45) is 1.04. The van der Waals surface area contributed by atoms with Crippen LogP contribution < -0.4 is 14.8 Å². The Morgan fingerprint density at radius 3 is 2.71 bits per heavy atom. The van der Waals surface area contributed by atoms with Gasteiger partial charge in [0.15, 0.2) is 11.5 Å². The van der Waals surface area contributed by atoms with Crippen molar-refractivity contribution in [3.05, 3.63) is 59.2 Å². The Kier molecular flexibility index (Phi) is 4.11. The van der Waals surface area contributed by atoms with Crippen LogP contribution in [0.3, 0.4) is 0 Å². The number of fused-ring (bicyclic) bond motifs is 1. The molecule has 0 aromatic heterocycles. The molecule has 1 aliphatic heterocycles. The van der Waals surface area contributed by atoms with Crippen LogP contribution in [0, 0.1) is 0 Å². The fraction of sp³-hybridized carbons (Fsp3) is 0.333. The molecule has 0 radical (unpaired) electrons. The third-order valence-electron chi connectivity index (χ3n) is 3.97. The lowest BCUT2D eigenvalue weighted by molar-refractivity contribution is 0.283. The molecule has 1 atom stereocenters. The first kappa shape index (κ1) is 14.0. The summed E-state index contributed by atoms with van der Waals surface area (Å²) < 4.78 is 11.5. The van der Waals surface area contributed by atoms with Crippen LogP contribution in [-0.4, -0.2) is 13.7 Å². The van der Waals surface area contributed by atoms with Gasteiger partial charge < -0.3 is 14.8 Å². The number of ether oxygens (including phenoxy) is 2. The predicted molar refractivity (Wildman–Crippen MR) is 83.9 cm³/mol. The summed E-state index contributed by atoms with van der Waals surface area (Å²) in [5.74, 6) is 1.63. The highest BCUT2D eigenvalue weighted by Crippen LogP contribution is 2.35. The summed E-state index contributed by atoms with van der Waals surface area (Å²) >= 11 is 0. The zero-order chi connectivity index (χ0) is 14.7. The Balaban J connectivity index is 1.85. The van der Waals surface area contributed by atoms with E-state index in [-0.39, 0.29) is 0 Å². The van der Waals surface area contributed by atoms with Crippen LogP contribution in [0.1, 0.15) is 29.7 Å². The summed E-state index contributed by atoms with van der Waals surface area (Å²) in [6.45, 7) is 3.75. The van der Waals surface area contributed by atoms with Crippen molar-refractivity contribution in [3.63, 3.8) is 0 Å². The molecule has 0 bridgehead atoms. The molecule has 110 valence electrons. The minimum Gasteiger partial charge on any atom is -0.493 e. The minimum absolute atomic E-state index is 0.360. The van der Waals surface area contributed by atoms with E-state index in [1.54, 1.807) is 7.11 Å². The van der Waals surface area contributed by atoms with Crippen LogP contribution in [-0.2, 0) is 13.0 Å². The lowest BCUT2D eigenvalue weighted by Crippen LogP contribution is -2.27. The van der Waals surface area contributed by atoms with Crippen molar-refractivity contribution in [2.24, 2.45) is 0 Å². The minimum atomic E-state index is 0.360. The summed E-state index contributed by atoms with van der Waals surface area (Å²) in [5.41, 5.74) is 3.82. The van der Waals surface area contributed by atoms with Crippen molar-refractivity contribution in [2.45, 2.75) is 26.0 Å². The highest BCUT2D eigenvalue weighted by molar-refractivity contribution is 5.49. The third kappa shape index (κ3) is 3.03. The molecule has 0 aliphatic carbocycles. The molecule has 0 saturated carbocycles. The van der Waals surface area contributed by atoms with Gasteiger partial charge in [-0.25, -0.2) is 0 Å². The highest BCUT2D eigenvalue weighted by atomic mass is 16.5. The molecule has 0 unspecified atom stereocenters. The third-order valence-corrected chi connectivity index (χ3v) is 3.97. The topological polar surface area (TPSA) is 30.5 Å². The lowest BCUT2D eigenvalue weighted by Gasteiger charge is -2.25. The molecule has 3 rings (SSSR count). The van der Waals surface area contributed by atoms with Crippen molar-refractivity contribution in [1.82, 2.24) is 5.32 Å². The monoisotopic (exact) mass is 283 g/mol. The average Bonchev–Trinajstić information content (AvgIpc) is 2.53. The molecule has 2 aromatic rings. The molecule has 3 nitrogen and oxygen atoms in total. The van der Waals surface area contributed by atoms with E-state index < -0.39 is 0 Å². The van der Waals surface area contributed by atoms with Crippen LogP contribution in [0.5, 0.6) is 11.5 Å². The summed E-state index contributed by atoms with van der Waals surface area (Å²) in [6, 6.07) is 14.8. The molecule has 0 saturated heterocycles. The molecule has 0 fully saturated rings. The van der Waals surface area contributed by atoms with Gasteiger partial charge in [-0.05, 0) is 48.7 Å². The lowest BCUT2D eigenvalue weighted by atomic mass is 9.94. The van der Waals surface area contributed by atoms with E-state index in [4.69, 9.17) is 9.47 Å². The Labute approximate surface area is 125 Å². The van der Waals surface area contributed by atoms with Crippen molar-refractivity contribution in [1.29, 1.82) is 0 Å². The van der Waals surface area contributed by atoms with E-state index in [1.165, 1.54) is 11.1 Å². The fourth-order valence-electron chi connectivity index (χ4n) is 2.78. The number of rotatable bonds is 4. The van der Waals surface area contributed by atoms with Crippen molar-refractivity contribution >= 4 is 0 Å². The number of benzene rings is 2. The largest absolute Gasteiger partial charge is 0.493 e. The van der Waals surface area contributed by atoms with Crippen LogP contribution in [0.25, 0.3) is 0 Å². The maximum Gasteiger partial charge on any atom is 0.162 e. The van der Waals surface area contributed by atoms with Crippen LogP contribution in [0.2, 0.25) is 0 Å². The van der Waals surface area contributed by atoms with Crippen molar-refractivity contribution in [3.8, 4) is 11.5 Å². The Morgan fingerprint density at radius 2 is 1.95 bits per heavy atom. The van der Waals surface area contributed by atoms with Gasteiger partial charge in [0, 0.05) is 6.04 Å². The van der Waals surface area contributed by atoms with E-state index >= 15 is 0 Å². The second-order valence-corrected chi connectivity index (χ2v) is 5.40. The Hall–Kier alpha value is -2.00. The Morgan fingerprint density at radius 1 is 1.14 bits per heavy atom. The number of hydrogen-bond donors (Lipinski definition) is 1. The normalized spacial score (nSPS) is 17.1. The van der Waals surface area contributed by atoms with Gasteiger partial charge in [0.1, 0.15) is 6.61 Å². The van der Waals surface area contributed by atoms with Gasteiger partial charge in [0.2, 0.25) is 0 Å². The Bertz CT molecular complexity index is 610. The van der Waals surface area contributed by atoms with Crippen LogP contribution >= 0.6 is 0 Å². The number of methoxy groups -OCH3 is 1. The number of hydrogen-bond acceptors (Lipinski definition) is 3. The van der Waals surface area contributed by atoms with E-state index in [9.17, 15) is 0 Å². The van der Waals surface area contributed by atoms with E-state index in [1.807, 2.05) is 18.2 Å². The van der Waals surface area contributed by atoms with Gasteiger partial charge >= 0.3 is 0 Å². The predicted octanol–water partition coefficient (Wildman–Crippen LogP) is 3.48. The summed E-state index contributed by atoms with van der Waals surface area (Å²) in [4.78, 5) is 0. The van der Waals surface area contributed by atoms with Gasteiger partial charge in [-0.1, -0.05) is 30.3 Å². The van der Waals surface area contributed by atoms with E-state index in [2.05, 4.69) is 36.5 Å². The first-order chi connectivity index (χ1) is 10.3. The molecule has 0 amide bonds. The van der Waals surface area contributed by atoms with Crippen molar-refractivity contribution in [2.75, 3.05) is 13.7 Å². The maximum absolute atomic E-state index is 5.98.